The third-order valence-corrected chi connectivity index (χ3v) is 4.58. The molecule has 1 fully saturated rings. The zero-order chi connectivity index (χ0) is 12.1. The Morgan fingerprint density at radius 1 is 1.47 bits per heavy atom. The first-order valence-corrected chi connectivity index (χ1v) is 7.80. The molecule has 2 rings (SSSR count). The van der Waals surface area contributed by atoms with Crippen molar-refractivity contribution in [2.75, 3.05) is 6.54 Å². The molecular formula is C14H24N2S. The SMILES string of the molecule is CCCNC1CCCC(Cc2nc(C)cs2)C1. The summed E-state index contributed by atoms with van der Waals surface area (Å²) in [6.07, 6.45) is 7.93. The first-order chi connectivity index (χ1) is 8.28. The minimum Gasteiger partial charge on any atom is -0.314 e. The molecule has 1 aromatic heterocycles. The second kappa shape index (κ2) is 6.50. The van der Waals surface area contributed by atoms with Crippen LogP contribution in [0.25, 0.3) is 0 Å². The summed E-state index contributed by atoms with van der Waals surface area (Å²) in [5, 5.41) is 7.18. The average Bonchev–Trinajstić information content (AvgIpc) is 2.73. The number of hydrogen-bond acceptors (Lipinski definition) is 3. The Labute approximate surface area is 109 Å². The number of aromatic nitrogens is 1. The summed E-state index contributed by atoms with van der Waals surface area (Å²) in [7, 11) is 0. The Hall–Kier alpha value is -0.410. The normalized spacial score (nSPS) is 25.1. The Balaban J connectivity index is 1.80. The van der Waals surface area contributed by atoms with Crippen LogP contribution in [0.2, 0.25) is 0 Å². The summed E-state index contributed by atoms with van der Waals surface area (Å²) in [6, 6.07) is 0.759. The molecule has 0 spiro atoms. The molecule has 1 saturated carbocycles. The van der Waals surface area contributed by atoms with Crippen molar-refractivity contribution in [3.63, 3.8) is 0 Å². The van der Waals surface area contributed by atoms with Gasteiger partial charge >= 0.3 is 0 Å². The van der Waals surface area contributed by atoms with Crippen LogP contribution in [0.15, 0.2) is 5.38 Å². The van der Waals surface area contributed by atoms with Gasteiger partial charge in [-0.1, -0.05) is 13.3 Å². The summed E-state index contributed by atoms with van der Waals surface area (Å²) in [5.41, 5.74) is 1.18. The maximum atomic E-state index is 4.59. The quantitative estimate of drug-likeness (QED) is 0.867. The maximum Gasteiger partial charge on any atom is 0.0930 e. The lowest BCUT2D eigenvalue weighted by Crippen LogP contribution is -2.35. The van der Waals surface area contributed by atoms with Crippen molar-refractivity contribution < 1.29 is 0 Å². The van der Waals surface area contributed by atoms with E-state index in [1.54, 1.807) is 0 Å². The fourth-order valence-electron chi connectivity index (χ4n) is 2.75. The minimum absolute atomic E-state index is 0.759. The molecular weight excluding hydrogens is 228 g/mol. The van der Waals surface area contributed by atoms with Crippen molar-refractivity contribution in [3.8, 4) is 0 Å². The maximum absolute atomic E-state index is 4.59. The first-order valence-electron chi connectivity index (χ1n) is 6.92. The van der Waals surface area contributed by atoms with Crippen LogP contribution in [-0.2, 0) is 6.42 Å². The summed E-state index contributed by atoms with van der Waals surface area (Å²) in [5.74, 6) is 0.851. The van der Waals surface area contributed by atoms with Gasteiger partial charge in [-0.15, -0.1) is 11.3 Å². The standard InChI is InChI=1S/C14H24N2S/c1-3-7-15-13-6-4-5-12(8-13)9-14-16-11(2)10-17-14/h10,12-13,15H,3-9H2,1-2H3. The van der Waals surface area contributed by atoms with E-state index in [-0.39, 0.29) is 0 Å². The number of nitrogens with zero attached hydrogens (tertiary/aromatic N) is 1. The zero-order valence-corrected chi connectivity index (χ0v) is 11.9. The highest BCUT2D eigenvalue weighted by Gasteiger charge is 2.22. The number of hydrogen-bond donors (Lipinski definition) is 1. The molecule has 0 amide bonds. The van der Waals surface area contributed by atoms with E-state index >= 15 is 0 Å². The number of thiazole rings is 1. The van der Waals surface area contributed by atoms with Crippen LogP contribution >= 0.6 is 11.3 Å². The fraction of sp³-hybridized carbons (Fsp3) is 0.786. The lowest BCUT2D eigenvalue weighted by Gasteiger charge is -2.29. The van der Waals surface area contributed by atoms with Gasteiger partial charge in [0.25, 0.3) is 0 Å². The molecule has 2 nitrogen and oxygen atoms in total. The highest BCUT2D eigenvalue weighted by molar-refractivity contribution is 7.09. The molecule has 2 atom stereocenters. The topological polar surface area (TPSA) is 24.9 Å². The number of nitrogens with one attached hydrogen (secondary N) is 1. The van der Waals surface area contributed by atoms with Crippen molar-refractivity contribution in [2.24, 2.45) is 5.92 Å². The lowest BCUT2D eigenvalue weighted by molar-refractivity contribution is 0.284. The van der Waals surface area contributed by atoms with Gasteiger partial charge in [-0.05, 0) is 45.1 Å². The summed E-state index contributed by atoms with van der Waals surface area (Å²) >= 11 is 1.83. The van der Waals surface area contributed by atoms with E-state index in [1.807, 2.05) is 11.3 Å². The summed E-state index contributed by atoms with van der Waals surface area (Å²) in [4.78, 5) is 4.59. The molecule has 2 unspecified atom stereocenters. The molecule has 96 valence electrons. The zero-order valence-electron chi connectivity index (χ0n) is 11.0. The number of aryl methyl sites for hydroxylation is 1. The van der Waals surface area contributed by atoms with Crippen molar-refractivity contribution in [2.45, 2.75) is 58.4 Å². The molecule has 1 heterocycles. The monoisotopic (exact) mass is 252 g/mol. The van der Waals surface area contributed by atoms with Gasteiger partial charge in [-0.25, -0.2) is 4.98 Å². The molecule has 0 aromatic carbocycles. The van der Waals surface area contributed by atoms with E-state index in [0.29, 0.717) is 0 Å². The first kappa shape index (κ1) is 13.0. The Kier molecular flexibility index (Phi) is 4.99. The van der Waals surface area contributed by atoms with Crippen molar-refractivity contribution in [1.82, 2.24) is 10.3 Å². The Bertz CT molecular complexity index is 335. The second-order valence-electron chi connectivity index (χ2n) is 5.27. The van der Waals surface area contributed by atoms with Crippen LogP contribution in [-0.4, -0.2) is 17.6 Å². The average molecular weight is 252 g/mol. The molecule has 1 aliphatic carbocycles. The van der Waals surface area contributed by atoms with Crippen LogP contribution in [0.3, 0.4) is 0 Å². The third kappa shape index (κ3) is 4.07. The van der Waals surface area contributed by atoms with Gasteiger partial charge < -0.3 is 5.32 Å². The highest BCUT2D eigenvalue weighted by Crippen LogP contribution is 2.28. The molecule has 0 radical (unpaired) electrons. The largest absolute Gasteiger partial charge is 0.314 e. The van der Waals surface area contributed by atoms with Crippen LogP contribution in [0.1, 0.15) is 49.7 Å². The van der Waals surface area contributed by atoms with E-state index in [4.69, 9.17) is 0 Å². The van der Waals surface area contributed by atoms with Crippen molar-refractivity contribution in [1.29, 1.82) is 0 Å². The molecule has 1 aliphatic rings. The molecule has 0 bridgehead atoms. The lowest BCUT2D eigenvalue weighted by atomic mass is 9.84. The smallest absolute Gasteiger partial charge is 0.0930 e. The van der Waals surface area contributed by atoms with E-state index in [0.717, 1.165) is 12.0 Å². The molecule has 3 heteroatoms. The van der Waals surface area contributed by atoms with Gasteiger partial charge in [0.2, 0.25) is 0 Å². The Morgan fingerprint density at radius 2 is 2.35 bits per heavy atom. The molecule has 17 heavy (non-hydrogen) atoms. The third-order valence-electron chi connectivity index (χ3n) is 3.60. The van der Waals surface area contributed by atoms with Crippen LogP contribution in [0, 0.1) is 12.8 Å². The van der Waals surface area contributed by atoms with Crippen molar-refractivity contribution in [3.05, 3.63) is 16.1 Å². The van der Waals surface area contributed by atoms with Gasteiger partial charge in [0, 0.05) is 23.5 Å². The van der Waals surface area contributed by atoms with Crippen LogP contribution < -0.4 is 5.32 Å². The highest BCUT2D eigenvalue weighted by atomic mass is 32.1. The van der Waals surface area contributed by atoms with E-state index in [2.05, 4.69) is 29.5 Å². The van der Waals surface area contributed by atoms with Gasteiger partial charge in [0.05, 0.1) is 5.01 Å². The summed E-state index contributed by atoms with van der Waals surface area (Å²) < 4.78 is 0. The molecule has 1 aromatic rings. The molecule has 0 aliphatic heterocycles. The second-order valence-corrected chi connectivity index (χ2v) is 6.21. The van der Waals surface area contributed by atoms with E-state index in [9.17, 15) is 0 Å². The van der Waals surface area contributed by atoms with E-state index < -0.39 is 0 Å². The molecule has 1 N–H and O–H groups in total. The van der Waals surface area contributed by atoms with Crippen LogP contribution in [0.4, 0.5) is 0 Å². The van der Waals surface area contributed by atoms with Crippen LogP contribution in [0.5, 0.6) is 0 Å². The predicted molar refractivity (Wildman–Crippen MR) is 74.6 cm³/mol. The van der Waals surface area contributed by atoms with Gasteiger partial charge in [0.15, 0.2) is 0 Å². The fourth-order valence-corrected chi connectivity index (χ4v) is 3.64. The predicted octanol–water partition coefficient (Wildman–Crippen LogP) is 3.55. The van der Waals surface area contributed by atoms with E-state index in [1.165, 1.54) is 55.8 Å². The van der Waals surface area contributed by atoms with Gasteiger partial charge in [-0.3, -0.25) is 0 Å². The van der Waals surface area contributed by atoms with Gasteiger partial charge in [-0.2, -0.15) is 0 Å². The number of rotatable bonds is 5. The summed E-state index contributed by atoms with van der Waals surface area (Å²) in [6.45, 7) is 5.51. The Morgan fingerprint density at radius 3 is 3.06 bits per heavy atom. The van der Waals surface area contributed by atoms with Gasteiger partial charge in [0.1, 0.15) is 0 Å². The van der Waals surface area contributed by atoms with Crippen molar-refractivity contribution >= 4 is 11.3 Å². The minimum atomic E-state index is 0.759. The molecule has 0 saturated heterocycles.